The van der Waals surface area contributed by atoms with Crippen molar-refractivity contribution in [2.45, 2.75) is 0 Å². The molecule has 0 saturated heterocycles. The van der Waals surface area contributed by atoms with Gasteiger partial charge in [-0.05, 0) is 75.5 Å². The summed E-state index contributed by atoms with van der Waals surface area (Å²) in [7, 11) is 0. The molecule has 0 bridgehead atoms. The number of rotatable bonds is 4. The van der Waals surface area contributed by atoms with E-state index in [4.69, 9.17) is 4.98 Å². The van der Waals surface area contributed by atoms with E-state index in [2.05, 4.69) is 174 Å². The highest BCUT2D eigenvalue weighted by molar-refractivity contribution is 7.26. The fourth-order valence-corrected chi connectivity index (χ4v) is 9.99. The Morgan fingerprint density at radius 2 is 1.02 bits per heavy atom. The van der Waals surface area contributed by atoms with Crippen LogP contribution in [-0.4, -0.2) is 9.55 Å². The predicted molar refractivity (Wildman–Crippen MR) is 221 cm³/mol. The molecule has 0 N–H and O–H groups in total. The molecular weight excluding hydrogens is 657 g/mol. The molecule has 0 saturated carbocycles. The van der Waals surface area contributed by atoms with Gasteiger partial charge in [0.2, 0.25) is 0 Å². The molecule has 3 heterocycles. The van der Waals surface area contributed by atoms with Crippen LogP contribution in [0, 0.1) is 0 Å². The summed E-state index contributed by atoms with van der Waals surface area (Å²) in [5.41, 5.74) is 10.7. The van der Waals surface area contributed by atoms with Gasteiger partial charge in [0.1, 0.15) is 5.01 Å². The molecule has 238 valence electrons. The number of fused-ring (bicyclic) bond motifs is 10. The third kappa shape index (κ3) is 4.44. The maximum Gasteiger partial charge on any atom is 0.124 e. The molecule has 0 spiro atoms. The van der Waals surface area contributed by atoms with Gasteiger partial charge in [-0.25, -0.2) is 4.98 Å². The van der Waals surface area contributed by atoms with Gasteiger partial charge in [0.05, 0.1) is 21.3 Å². The fourth-order valence-electron chi connectivity index (χ4n) is 7.90. The molecule has 0 radical (unpaired) electrons. The van der Waals surface area contributed by atoms with Crippen molar-refractivity contribution in [2.24, 2.45) is 0 Å². The summed E-state index contributed by atoms with van der Waals surface area (Å²) in [5.74, 6) is 0. The fraction of sp³-hybridized carbons (Fsp3) is 0. The zero-order valence-electron chi connectivity index (χ0n) is 27.4. The van der Waals surface area contributed by atoms with Crippen molar-refractivity contribution in [1.29, 1.82) is 0 Å². The molecule has 4 heteroatoms. The first-order valence-electron chi connectivity index (χ1n) is 17.2. The van der Waals surface area contributed by atoms with Gasteiger partial charge in [0, 0.05) is 42.2 Å². The average molecular weight is 685 g/mol. The topological polar surface area (TPSA) is 17.8 Å². The highest BCUT2D eigenvalue weighted by Crippen LogP contribution is 2.44. The maximum absolute atomic E-state index is 5.24. The quantitative estimate of drug-likeness (QED) is 0.180. The molecule has 11 rings (SSSR count). The smallest absolute Gasteiger partial charge is 0.124 e. The van der Waals surface area contributed by atoms with Gasteiger partial charge in [-0.1, -0.05) is 127 Å². The first-order chi connectivity index (χ1) is 25.3. The lowest BCUT2D eigenvalue weighted by Crippen LogP contribution is -1.94. The van der Waals surface area contributed by atoms with Crippen molar-refractivity contribution in [1.82, 2.24) is 9.55 Å². The molecule has 0 fully saturated rings. The molecule has 0 aliphatic carbocycles. The van der Waals surface area contributed by atoms with E-state index in [-0.39, 0.29) is 0 Å². The Labute approximate surface area is 302 Å². The van der Waals surface area contributed by atoms with Gasteiger partial charge in [-0.15, -0.1) is 22.7 Å². The van der Waals surface area contributed by atoms with E-state index in [0.717, 1.165) is 21.8 Å². The summed E-state index contributed by atoms with van der Waals surface area (Å²) in [6, 6.07) is 61.8. The number of nitrogens with zero attached hydrogens (tertiary/aromatic N) is 2. The summed E-state index contributed by atoms with van der Waals surface area (Å²) < 4.78 is 6.26. The molecule has 11 aromatic rings. The molecule has 3 aromatic heterocycles. The van der Waals surface area contributed by atoms with Crippen LogP contribution in [0.1, 0.15) is 0 Å². The van der Waals surface area contributed by atoms with Crippen LogP contribution in [0.2, 0.25) is 0 Å². The van der Waals surface area contributed by atoms with Crippen molar-refractivity contribution in [3.05, 3.63) is 170 Å². The Kier molecular flexibility index (Phi) is 6.32. The lowest BCUT2D eigenvalue weighted by molar-refractivity contribution is 1.18. The lowest BCUT2D eigenvalue weighted by Gasteiger charge is -2.13. The van der Waals surface area contributed by atoms with Crippen LogP contribution in [-0.2, 0) is 0 Å². The van der Waals surface area contributed by atoms with Crippen molar-refractivity contribution in [2.75, 3.05) is 0 Å². The second-order valence-electron chi connectivity index (χ2n) is 13.1. The van der Waals surface area contributed by atoms with E-state index in [9.17, 15) is 0 Å². The zero-order valence-corrected chi connectivity index (χ0v) is 29.0. The van der Waals surface area contributed by atoms with Gasteiger partial charge in [0.25, 0.3) is 0 Å². The number of thiazole rings is 1. The van der Waals surface area contributed by atoms with Gasteiger partial charge in [0.15, 0.2) is 0 Å². The molecule has 0 unspecified atom stereocenters. The molecule has 0 aliphatic rings. The van der Waals surface area contributed by atoms with Crippen LogP contribution in [0.15, 0.2) is 170 Å². The van der Waals surface area contributed by atoms with E-state index >= 15 is 0 Å². The van der Waals surface area contributed by atoms with E-state index < -0.39 is 0 Å². The predicted octanol–water partition coefficient (Wildman–Crippen LogP) is 13.9. The van der Waals surface area contributed by atoms with Gasteiger partial charge in [-0.2, -0.15) is 0 Å². The first kappa shape index (κ1) is 28.7. The maximum atomic E-state index is 5.24. The summed E-state index contributed by atoms with van der Waals surface area (Å²) in [6.45, 7) is 0. The number of thiophene rings is 1. The summed E-state index contributed by atoms with van der Waals surface area (Å²) in [5, 5.41) is 8.70. The molecule has 0 amide bonds. The Balaban J connectivity index is 1.07. The van der Waals surface area contributed by atoms with E-state index in [1.807, 2.05) is 11.3 Å². The summed E-state index contributed by atoms with van der Waals surface area (Å²) in [6.07, 6.45) is 0. The molecular formula is C47H28N2S2. The number of hydrogen-bond donors (Lipinski definition) is 0. The zero-order chi connectivity index (χ0) is 33.5. The molecule has 51 heavy (non-hydrogen) atoms. The van der Waals surface area contributed by atoms with Crippen LogP contribution < -0.4 is 0 Å². The van der Waals surface area contributed by atoms with Gasteiger partial charge in [-0.3, -0.25) is 0 Å². The average Bonchev–Trinajstić information content (AvgIpc) is 3.90. The Morgan fingerprint density at radius 1 is 0.392 bits per heavy atom. The number of benzene rings is 8. The molecule has 2 nitrogen and oxygen atoms in total. The van der Waals surface area contributed by atoms with Crippen LogP contribution in [0.3, 0.4) is 0 Å². The highest BCUT2D eigenvalue weighted by atomic mass is 32.1. The minimum absolute atomic E-state index is 1.05. The van der Waals surface area contributed by atoms with Crippen LogP contribution >= 0.6 is 22.7 Å². The number of hydrogen-bond acceptors (Lipinski definition) is 3. The number of para-hydroxylation sites is 1. The third-order valence-electron chi connectivity index (χ3n) is 10.3. The van der Waals surface area contributed by atoms with Gasteiger partial charge < -0.3 is 4.57 Å². The monoisotopic (exact) mass is 684 g/mol. The lowest BCUT2D eigenvalue weighted by atomic mass is 9.94. The van der Waals surface area contributed by atoms with E-state index in [0.29, 0.717) is 0 Å². The molecule has 0 atom stereocenters. The Hall–Kier alpha value is -6.07. The third-order valence-corrected chi connectivity index (χ3v) is 12.5. The normalized spacial score (nSPS) is 11.9. The second-order valence-corrected chi connectivity index (χ2v) is 15.2. The van der Waals surface area contributed by atoms with E-state index in [1.54, 1.807) is 11.3 Å². The largest absolute Gasteiger partial charge is 0.309 e. The summed E-state index contributed by atoms with van der Waals surface area (Å²) >= 11 is 3.62. The van der Waals surface area contributed by atoms with Crippen molar-refractivity contribution in [3.63, 3.8) is 0 Å². The van der Waals surface area contributed by atoms with E-state index in [1.165, 1.54) is 79.7 Å². The van der Waals surface area contributed by atoms with Crippen LogP contribution in [0.25, 0.3) is 101 Å². The second kappa shape index (κ2) is 11.2. The Bertz CT molecular complexity index is 3110. The van der Waals surface area contributed by atoms with Gasteiger partial charge >= 0.3 is 0 Å². The van der Waals surface area contributed by atoms with Crippen LogP contribution in [0.4, 0.5) is 0 Å². The van der Waals surface area contributed by atoms with Crippen molar-refractivity contribution in [3.8, 4) is 38.5 Å². The Morgan fingerprint density at radius 3 is 1.84 bits per heavy atom. The molecule has 8 aromatic carbocycles. The van der Waals surface area contributed by atoms with Crippen molar-refractivity contribution >= 4 is 85.6 Å². The van der Waals surface area contributed by atoms with Crippen LogP contribution in [0.5, 0.6) is 0 Å². The first-order valence-corrected chi connectivity index (χ1v) is 18.8. The minimum atomic E-state index is 1.05. The highest BCUT2D eigenvalue weighted by Gasteiger charge is 2.19. The molecule has 0 aliphatic heterocycles. The minimum Gasteiger partial charge on any atom is -0.309 e. The number of aromatic nitrogens is 2. The summed E-state index contributed by atoms with van der Waals surface area (Å²) in [4.78, 5) is 5.24. The SMILES string of the molecule is c1ccc(-c2ccc(-n3c4ccccc4c4c5ccccc5c(-c5ccc(-c6nc7c(ccc8sc9ccccc9c87)s6)cc5)cc43)cc2)cc1. The standard InChI is InChI=1S/C47H28N2S2/c1-2-10-29(11-3-1)30-22-24-33(25-23-30)49-39-16-8-6-14-36(39)44-35-13-5-4-12-34(35)38(28-40(44)49)31-18-20-32(21-19-31)47-48-46-43(51-47)27-26-42-45(46)37-15-7-9-17-41(37)50-42/h1-28H. The van der Waals surface area contributed by atoms with Crippen molar-refractivity contribution < 1.29 is 0 Å².